The fourth-order valence-electron chi connectivity index (χ4n) is 3.00. The molecule has 0 unspecified atom stereocenters. The zero-order valence-corrected chi connectivity index (χ0v) is 19.2. The Hall–Kier alpha value is -2.56. The van der Waals surface area contributed by atoms with Crippen LogP contribution in [0.5, 0.6) is 11.5 Å². The number of thiazole rings is 1. The van der Waals surface area contributed by atoms with Crippen LogP contribution in [-0.4, -0.2) is 53.1 Å². The summed E-state index contributed by atoms with van der Waals surface area (Å²) in [6.07, 6.45) is 0. The van der Waals surface area contributed by atoms with Gasteiger partial charge in [-0.2, -0.15) is 0 Å². The number of benzene rings is 1. The van der Waals surface area contributed by atoms with Crippen LogP contribution in [0.15, 0.2) is 47.2 Å². The van der Waals surface area contributed by atoms with Gasteiger partial charge in [0.1, 0.15) is 22.5 Å². The van der Waals surface area contributed by atoms with Crippen molar-refractivity contribution in [3.05, 3.63) is 52.9 Å². The molecule has 1 aromatic carbocycles. The molecule has 0 aliphatic carbocycles. The summed E-state index contributed by atoms with van der Waals surface area (Å²) in [5.74, 6) is 1.95. The van der Waals surface area contributed by atoms with Gasteiger partial charge in [0.2, 0.25) is 5.91 Å². The number of carbonyl (C=O) groups is 2. The van der Waals surface area contributed by atoms with E-state index in [1.54, 1.807) is 70.7 Å². The van der Waals surface area contributed by atoms with Crippen molar-refractivity contribution in [2.75, 3.05) is 25.3 Å². The number of methoxy groups -OCH3 is 1. The van der Waals surface area contributed by atoms with Gasteiger partial charge >= 0.3 is 0 Å². The number of carbonyl (C=O) groups excluding carboxylic acids is 2. The Morgan fingerprint density at radius 2 is 2.00 bits per heavy atom. The Morgan fingerprint density at radius 3 is 2.74 bits per heavy atom. The van der Waals surface area contributed by atoms with E-state index in [2.05, 4.69) is 10.3 Å². The summed E-state index contributed by atoms with van der Waals surface area (Å²) in [5.41, 5.74) is 0.813. The van der Waals surface area contributed by atoms with E-state index >= 15 is 0 Å². The van der Waals surface area contributed by atoms with Gasteiger partial charge in [-0.25, -0.2) is 4.98 Å². The average molecular weight is 476 g/mol. The molecular formula is C21H21N3O4S3. The number of rotatable bonds is 8. The Balaban J connectivity index is 1.28. The molecule has 1 aliphatic heterocycles. The number of nitrogens with zero attached hydrogens (tertiary/aromatic N) is 2. The van der Waals surface area contributed by atoms with Crippen molar-refractivity contribution in [1.29, 1.82) is 0 Å². The first-order valence-electron chi connectivity index (χ1n) is 9.54. The number of hydrogen-bond acceptors (Lipinski definition) is 8. The predicted octanol–water partition coefficient (Wildman–Crippen LogP) is 3.48. The minimum Gasteiger partial charge on any atom is -0.497 e. The van der Waals surface area contributed by atoms with Gasteiger partial charge in [-0.3, -0.25) is 9.59 Å². The Kier molecular flexibility index (Phi) is 7.10. The van der Waals surface area contributed by atoms with Gasteiger partial charge < -0.3 is 19.7 Å². The molecule has 2 amide bonds. The van der Waals surface area contributed by atoms with Crippen LogP contribution in [0.1, 0.15) is 5.69 Å². The molecule has 1 N–H and O–H groups in total. The van der Waals surface area contributed by atoms with Crippen LogP contribution in [0, 0.1) is 0 Å². The maximum absolute atomic E-state index is 12.7. The molecule has 1 fully saturated rings. The summed E-state index contributed by atoms with van der Waals surface area (Å²) < 4.78 is 10.7. The van der Waals surface area contributed by atoms with Gasteiger partial charge in [-0.15, -0.1) is 34.4 Å². The van der Waals surface area contributed by atoms with Gasteiger partial charge in [0.25, 0.3) is 5.91 Å². The van der Waals surface area contributed by atoms with Crippen LogP contribution in [0.4, 0.5) is 0 Å². The van der Waals surface area contributed by atoms with Crippen molar-refractivity contribution in [3.63, 3.8) is 0 Å². The van der Waals surface area contributed by atoms with E-state index < -0.39 is 6.04 Å². The van der Waals surface area contributed by atoms with E-state index in [1.807, 2.05) is 22.9 Å². The summed E-state index contributed by atoms with van der Waals surface area (Å²) in [4.78, 5) is 32.6. The van der Waals surface area contributed by atoms with Crippen molar-refractivity contribution >= 4 is 46.2 Å². The number of ether oxygens (including phenoxy) is 2. The molecule has 0 radical (unpaired) electrons. The Bertz CT molecular complexity index is 1020. The maximum atomic E-state index is 12.7. The van der Waals surface area contributed by atoms with Crippen LogP contribution in [0.25, 0.3) is 9.88 Å². The summed E-state index contributed by atoms with van der Waals surface area (Å²) in [5, 5.41) is 7.83. The Labute approximate surface area is 192 Å². The van der Waals surface area contributed by atoms with Gasteiger partial charge in [0.05, 0.1) is 30.1 Å². The lowest BCUT2D eigenvalue weighted by atomic mass is 10.2. The lowest BCUT2D eigenvalue weighted by molar-refractivity contribution is -0.139. The van der Waals surface area contributed by atoms with E-state index in [4.69, 9.17) is 9.47 Å². The van der Waals surface area contributed by atoms with E-state index in [1.165, 1.54) is 0 Å². The lowest BCUT2D eigenvalue weighted by Crippen LogP contribution is -2.48. The molecule has 3 heterocycles. The summed E-state index contributed by atoms with van der Waals surface area (Å²) in [7, 11) is 1.59. The van der Waals surface area contributed by atoms with Gasteiger partial charge in [0.15, 0.2) is 6.61 Å². The lowest BCUT2D eigenvalue weighted by Gasteiger charge is -2.23. The molecule has 2 aromatic heterocycles. The van der Waals surface area contributed by atoms with E-state index in [0.717, 1.165) is 15.6 Å². The van der Waals surface area contributed by atoms with Crippen molar-refractivity contribution in [3.8, 4) is 21.4 Å². The molecule has 31 heavy (non-hydrogen) atoms. The van der Waals surface area contributed by atoms with Gasteiger partial charge in [-0.05, 0) is 35.7 Å². The first kappa shape index (κ1) is 21.7. The number of hydrogen-bond donors (Lipinski definition) is 1. The van der Waals surface area contributed by atoms with Crippen molar-refractivity contribution < 1.29 is 19.1 Å². The average Bonchev–Trinajstić information content (AvgIpc) is 3.56. The van der Waals surface area contributed by atoms with E-state index in [0.29, 0.717) is 29.7 Å². The third-order valence-electron chi connectivity index (χ3n) is 4.65. The monoisotopic (exact) mass is 475 g/mol. The number of thioether (sulfide) groups is 1. The number of amides is 2. The second-order valence-electron chi connectivity index (χ2n) is 6.68. The van der Waals surface area contributed by atoms with Gasteiger partial charge in [-0.1, -0.05) is 6.07 Å². The topological polar surface area (TPSA) is 80.8 Å². The first-order valence-corrected chi connectivity index (χ1v) is 12.5. The van der Waals surface area contributed by atoms with Crippen LogP contribution in [0.2, 0.25) is 0 Å². The molecule has 0 saturated carbocycles. The van der Waals surface area contributed by atoms with E-state index in [9.17, 15) is 9.59 Å². The molecule has 1 atom stereocenters. The minimum absolute atomic E-state index is 0.118. The Morgan fingerprint density at radius 1 is 1.19 bits per heavy atom. The molecule has 3 aromatic rings. The molecule has 1 saturated heterocycles. The van der Waals surface area contributed by atoms with Crippen molar-refractivity contribution in [1.82, 2.24) is 15.2 Å². The van der Waals surface area contributed by atoms with Crippen LogP contribution in [-0.2, 0) is 16.1 Å². The van der Waals surface area contributed by atoms with E-state index in [-0.39, 0.29) is 18.4 Å². The van der Waals surface area contributed by atoms with Crippen LogP contribution in [0.3, 0.4) is 0 Å². The second-order valence-corrected chi connectivity index (χ2v) is 9.49. The third kappa shape index (κ3) is 5.38. The highest BCUT2D eigenvalue weighted by Gasteiger charge is 2.34. The molecule has 1 aliphatic rings. The highest BCUT2D eigenvalue weighted by molar-refractivity contribution is 7.99. The summed E-state index contributed by atoms with van der Waals surface area (Å²) >= 11 is 4.75. The number of nitrogens with one attached hydrogen (secondary N) is 1. The molecule has 0 bridgehead atoms. The highest BCUT2D eigenvalue weighted by Crippen LogP contribution is 2.28. The normalized spacial score (nSPS) is 15.6. The minimum atomic E-state index is -0.507. The summed E-state index contributed by atoms with van der Waals surface area (Å²) in [6.45, 7) is 0.221. The molecule has 162 valence electrons. The molecule has 0 spiro atoms. The van der Waals surface area contributed by atoms with Crippen LogP contribution >= 0.6 is 34.4 Å². The molecular weight excluding hydrogens is 454 g/mol. The van der Waals surface area contributed by atoms with Crippen molar-refractivity contribution in [2.45, 2.75) is 12.6 Å². The zero-order chi connectivity index (χ0) is 21.6. The second kappa shape index (κ2) is 10.2. The van der Waals surface area contributed by atoms with Gasteiger partial charge in [0, 0.05) is 11.1 Å². The molecule has 7 nitrogen and oxygen atoms in total. The zero-order valence-electron chi connectivity index (χ0n) is 16.8. The molecule has 4 rings (SSSR count). The SMILES string of the molecule is COc1ccc(OCC(=O)N2CSC[C@@H]2C(=O)NCc2csc(-c3cccs3)n2)cc1. The third-order valence-corrected chi connectivity index (χ3v) is 7.60. The predicted molar refractivity (Wildman–Crippen MR) is 124 cm³/mol. The highest BCUT2D eigenvalue weighted by atomic mass is 32.2. The fraction of sp³-hybridized carbons (Fsp3) is 0.286. The van der Waals surface area contributed by atoms with Crippen molar-refractivity contribution in [2.24, 2.45) is 0 Å². The summed E-state index contributed by atoms with van der Waals surface area (Å²) in [6, 6.07) is 10.5. The number of thiophene rings is 1. The molecule has 10 heteroatoms. The largest absolute Gasteiger partial charge is 0.497 e. The number of aromatic nitrogens is 1. The standard InChI is InChI=1S/C21H21N3O4S3/c1-27-15-4-6-16(7-5-15)28-10-19(25)24-13-29-12-17(24)20(26)22-9-14-11-31-21(23-14)18-3-2-8-30-18/h2-8,11,17H,9-10,12-13H2,1H3,(H,22,26)/t17-/m1/s1. The maximum Gasteiger partial charge on any atom is 0.261 e. The fourth-order valence-corrected chi connectivity index (χ4v) is 5.82. The quantitative estimate of drug-likeness (QED) is 0.537. The first-order chi connectivity index (χ1) is 15.1. The smallest absolute Gasteiger partial charge is 0.261 e. The van der Waals surface area contributed by atoms with Crippen LogP contribution < -0.4 is 14.8 Å².